The van der Waals surface area contributed by atoms with Crippen LogP contribution in [-0.4, -0.2) is 22.5 Å². The number of nitrogens with zero attached hydrogens (tertiary/aromatic N) is 3. The van der Waals surface area contributed by atoms with Gasteiger partial charge in [-0.15, -0.1) is 0 Å². The lowest BCUT2D eigenvalue weighted by Crippen LogP contribution is -2.23. The predicted octanol–water partition coefficient (Wildman–Crippen LogP) is -2.20. The Morgan fingerprint density at radius 1 is 1.75 bits per heavy atom. The average molecular weight is 170 g/mol. The van der Waals surface area contributed by atoms with Gasteiger partial charge in [-0.2, -0.15) is 5.10 Å². The standard InChI is InChI=1S/C4H5N5O3/c5-3-4(9-12-8-3)7-6-1-2(10)11/h1H,(H2,5,8)(H,7,9)(H,10,11)/p-1/b6-1-. The van der Waals surface area contributed by atoms with Crippen molar-refractivity contribution < 1.29 is 14.5 Å². The molecular formula is C4H4N5O3-. The van der Waals surface area contributed by atoms with Crippen LogP contribution < -0.4 is 16.3 Å². The molecule has 8 heteroatoms. The van der Waals surface area contributed by atoms with Crippen molar-refractivity contribution in [2.75, 3.05) is 11.2 Å². The molecule has 0 amide bonds. The fourth-order valence-corrected chi connectivity index (χ4v) is 0.419. The molecule has 1 rings (SSSR count). The SMILES string of the molecule is Nc1nonc1N/N=C\C(=O)[O-]. The van der Waals surface area contributed by atoms with Crippen molar-refractivity contribution >= 4 is 23.8 Å². The molecule has 0 aliphatic carbocycles. The Morgan fingerprint density at radius 3 is 3.00 bits per heavy atom. The molecule has 0 unspecified atom stereocenters. The summed E-state index contributed by atoms with van der Waals surface area (Å²) in [7, 11) is 0. The zero-order valence-corrected chi connectivity index (χ0v) is 5.72. The zero-order valence-electron chi connectivity index (χ0n) is 5.72. The smallest absolute Gasteiger partial charge is 0.235 e. The summed E-state index contributed by atoms with van der Waals surface area (Å²) in [6.07, 6.45) is 0.536. The van der Waals surface area contributed by atoms with Crippen molar-refractivity contribution in [1.82, 2.24) is 10.3 Å². The lowest BCUT2D eigenvalue weighted by atomic mass is 10.7. The number of carboxylic acid groups (broad SMARTS) is 1. The van der Waals surface area contributed by atoms with Crippen molar-refractivity contribution in [3.63, 3.8) is 0 Å². The summed E-state index contributed by atoms with van der Waals surface area (Å²) in [6, 6.07) is 0. The van der Waals surface area contributed by atoms with E-state index in [1.807, 2.05) is 0 Å². The number of carbonyl (C=O) groups is 1. The number of carbonyl (C=O) groups excluding carboxylic acids is 1. The maximum atomic E-state index is 9.82. The minimum Gasteiger partial charge on any atom is -0.544 e. The van der Waals surface area contributed by atoms with E-state index >= 15 is 0 Å². The summed E-state index contributed by atoms with van der Waals surface area (Å²) in [5.41, 5.74) is 7.37. The quantitative estimate of drug-likeness (QED) is 0.388. The number of aliphatic carboxylic acids is 1. The number of nitrogen functional groups attached to an aromatic ring is 1. The first-order chi connectivity index (χ1) is 5.70. The van der Waals surface area contributed by atoms with Crippen molar-refractivity contribution in [2.24, 2.45) is 5.10 Å². The minimum atomic E-state index is -1.43. The monoisotopic (exact) mass is 170 g/mol. The average Bonchev–Trinajstić information content (AvgIpc) is 2.36. The maximum Gasteiger partial charge on any atom is 0.235 e. The van der Waals surface area contributed by atoms with Crippen LogP contribution in [0.3, 0.4) is 0 Å². The van der Waals surface area contributed by atoms with E-state index in [1.165, 1.54) is 0 Å². The van der Waals surface area contributed by atoms with Gasteiger partial charge in [0.1, 0.15) is 0 Å². The first-order valence-corrected chi connectivity index (χ1v) is 2.78. The lowest BCUT2D eigenvalue weighted by Gasteiger charge is -1.92. The number of aromatic nitrogens is 2. The van der Waals surface area contributed by atoms with Gasteiger partial charge in [0, 0.05) is 0 Å². The molecule has 64 valence electrons. The Balaban J connectivity index is 2.54. The molecule has 0 aliphatic rings. The molecule has 1 aromatic rings. The molecule has 8 nitrogen and oxygen atoms in total. The summed E-state index contributed by atoms with van der Waals surface area (Å²) in [5, 5.41) is 19.5. The van der Waals surface area contributed by atoms with Gasteiger partial charge < -0.3 is 15.6 Å². The van der Waals surface area contributed by atoms with E-state index in [1.54, 1.807) is 0 Å². The third-order valence-electron chi connectivity index (χ3n) is 0.854. The number of nitrogens with two attached hydrogens (primary N) is 1. The van der Waals surface area contributed by atoms with Gasteiger partial charge in [0.15, 0.2) is 0 Å². The number of anilines is 2. The van der Waals surface area contributed by atoms with Crippen LogP contribution in [0, 0.1) is 0 Å². The van der Waals surface area contributed by atoms with Gasteiger partial charge in [-0.25, -0.2) is 4.63 Å². The minimum absolute atomic E-state index is 0.00880. The summed E-state index contributed by atoms with van der Waals surface area (Å²) in [4.78, 5) is 9.82. The molecule has 0 fully saturated rings. The molecule has 0 aliphatic heterocycles. The number of rotatable bonds is 3. The molecular weight excluding hydrogens is 166 g/mol. The van der Waals surface area contributed by atoms with Crippen molar-refractivity contribution in [2.45, 2.75) is 0 Å². The Kier molecular flexibility index (Phi) is 2.21. The van der Waals surface area contributed by atoms with Gasteiger partial charge >= 0.3 is 0 Å². The summed E-state index contributed by atoms with van der Waals surface area (Å²) >= 11 is 0. The first kappa shape index (κ1) is 7.98. The highest BCUT2D eigenvalue weighted by molar-refractivity contribution is 6.20. The van der Waals surface area contributed by atoms with Crippen LogP contribution in [0.4, 0.5) is 11.6 Å². The van der Waals surface area contributed by atoms with Crippen LogP contribution in [0.2, 0.25) is 0 Å². The highest BCUT2D eigenvalue weighted by Crippen LogP contribution is 2.09. The fraction of sp³-hybridized carbons (Fsp3) is 0. The Bertz CT molecular complexity index is 305. The van der Waals surface area contributed by atoms with Crippen LogP contribution in [0.25, 0.3) is 0 Å². The molecule has 0 bridgehead atoms. The van der Waals surface area contributed by atoms with Crippen LogP contribution >= 0.6 is 0 Å². The summed E-state index contributed by atoms with van der Waals surface area (Å²) in [5.74, 6) is -1.39. The maximum absolute atomic E-state index is 9.82. The van der Waals surface area contributed by atoms with Gasteiger partial charge in [-0.1, -0.05) is 0 Å². The van der Waals surface area contributed by atoms with E-state index in [9.17, 15) is 9.90 Å². The van der Waals surface area contributed by atoms with E-state index < -0.39 is 5.97 Å². The fourth-order valence-electron chi connectivity index (χ4n) is 0.419. The second kappa shape index (κ2) is 3.32. The largest absolute Gasteiger partial charge is 0.544 e. The molecule has 3 N–H and O–H groups in total. The lowest BCUT2D eigenvalue weighted by molar-refractivity contribution is -0.293. The molecule has 1 aromatic heterocycles. The summed E-state index contributed by atoms with van der Waals surface area (Å²) < 4.78 is 4.18. The van der Waals surface area contributed by atoms with Gasteiger partial charge in [-0.05, 0) is 10.3 Å². The molecule has 0 saturated heterocycles. The Morgan fingerprint density at radius 2 is 2.50 bits per heavy atom. The molecule has 0 saturated carbocycles. The molecule has 0 radical (unpaired) electrons. The zero-order chi connectivity index (χ0) is 8.97. The molecule has 0 atom stereocenters. The topological polar surface area (TPSA) is 129 Å². The number of nitrogens with one attached hydrogen (secondary N) is 1. The molecule has 1 heterocycles. The first-order valence-electron chi connectivity index (χ1n) is 2.78. The van der Waals surface area contributed by atoms with E-state index in [0.29, 0.717) is 6.21 Å². The molecule has 0 spiro atoms. The second-order valence-corrected chi connectivity index (χ2v) is 1.69. The van der Waals surface area contributed by atoms with Gasteiger partial charge in [-0.3, -0.25) is 5.43 Å². The van der Waals surface area contributed by atoms with Crippen LogP contribution in [0.15, 0.2) is 9.73 Å². The highest BCUT2D eigenvalue weighted by atomic mass is 16.6. The highest BCUT2D eigenvalue weighted by Gasteiger charge is 2.02. The van der Waals surface area contributed by atoms with E-state index in [-0.39, 0.29) is 11.6 Å². The van der Waals surface area contributed by atoms with E-state index in [0.717, 1.165) is 0 Å². The number of hydrogen-bond donors (Lipinski definition) is 2. The predicted molar refractivity (Wildman–Crippen MR) is 35.8 cm³/mol. The summed E-state index contributed by atoms with van der Waals surface area (Å²) in [6.45, 7) is 0. The van der Waals surface area contributed by atoms with Crippen molar-refractivity contribution in [1.29, 1.82) is 0 Å². The number of hydrogen-bond acceptors (Lipinski definition) is 8. The van der Waals surface area contributed by atoms with Gasteiger partial charge in [0.05, 0.1) is 12.2 Å². The van der Waals surface area contributed by atoms with E-state index in [2.05, 4.69) is 25.5 Å². The Labute approximate surface area is 66.0 Å². The number of carboxylic acids is 1. The van der Waals surface area contributed by atoms with Gasteiger partial charge in [0.2, 0.25) is 11.6 Å². The molecule has 12 heavy (non-hydrogen) atoms. The van der Waals surface area contributed by atoms with Crippen LogP contribution in [-0.2, 0) is 4.79 Å². The van der Waals surface area contributed by atoms with Crippen molar-refractivity contribution in [3.05, 3.63) is 0 Å². The number of hydrazone groups is 1. The Hall–Kier alpha value is -2.12. The van der Waals surface area contributed by atoms with E-state index in [4.69, 9.17) is 5.73 Å². The third-order valence-corrected chi connectivity index (χ3v) is 0.854. The molecule has 0 aromatic carbocycles. The van der Waals surface area contributed by atoms with Crippen LogP contribution in [0.5, 0.6) is 0 Å². The van der Waals surface area contributed by atoms with Crippen LogP contribution in [0.1, 0.15) is 0 Å². The third kappa shape index (κ3) is 1.94. The van der Waals surface area contributed by atoms with Crippen molar-refractivity contribution in [3.8, 4) is 0 Å². The second-order valence-electron chi connectivity index (χ2n) is 1.69. The van der Waals surface area contributed by atoms with Gasteiger partial charge in [0.25, 0.3) is 0 Å². The normalized spacial score (nSPS) is 10.3.